The minimum absolute atomic E-state index is 0.165. The maximum atomic E-state index is 11.3. The minimum atomic E-state index is -0.863. The molecule has 3 rings (SSSR count). The number of thioether (sulfide) groups is 1. The Hall–Kier alpha value is -2.26. The number of rotatable bonds is 6. The van der Waals surface area contributed by atoms with Crippen molar-refractivity contribution < 1.29 is 9.90 Å². The Labute approximate surface area is 172 Å². The monoisotopic (exact) mass is 392 g/mol. The Morgan fingerprint density at radius 1 is 1.11 bits per heavy atom. The smallest absolute Gasteiger partial charge is 0.335 e. The zero-order valence-electron chi connectivity index (χ0n) is 17.1. The van der Waals surface area contributed by atoms with Crippen LogP contribution in [0.4, 0.5) is 0 Å². The predicted molar refractivity (Wildman–Crippen MR) is 122 cm³/mol. The maximum absolute atomic E-state index is 11.3. The molecule has 0 spiro atoms. The number of allylic oxidation sites excluding steroid dienone is 1. The van der Waals surface area contributed by atoms with Gasteiger partial charge in [-0.2, -0.15) is 0 Å². The zero-order chi connectivity index (χ0) is 20.3. The van der Waals surface area contributed by atoms with Crippen LogP contribution in [0.1, 0.15) is 72.3 Å². The van der Waals surface area contributed by atoms with Crippen LogP contribution in [-0.4, -0.2) is 16.8 Å². The minimum Gasteiger partial charge on any atom is -0.478 e. The molecule has 0 aromatic heterocycles. The second-order valence-corrected chi connectivity index (χ2v) is 9.11. The van der Waals surface area contributed by atoms with E-state index in [2.05, 4.69) is 57.2 Å². The van der Waals surface area contributed by atoms with Gasteiger partial charge < -0.3 is 5.11 Å². The topological polar surface area (TPSA) is 37.3 Å². The molecule has 0 amide bonds. The molecule has 2 aromatic rings. The van der Waals surface area contributed by atoms with Crippen molar-refractivity contribution in [3.63, 3.8) is 0 Å². The van der Waals surface area contributed by atoms with E-state index in [0.717, 1.165) is 23.3 Å². The van der Waals surface area contributed by atoms with E-state index in [1.54, 1.807) is 6.07 Å². The van der Waals surface area contributed by atoms with Crippen molar-refractivity contribution in [2.45, 2.75) is 46.0 Å². The Balaban J connectivity index is 1.93. The van der Waals surface area contributed by atoms with Crippen LogP contribution >= 0.6 is 11.8 Å². The number of benzene rings is 2. The number of carbonyl (C=O) groups is 1. The average Bonchev–Trinajstić information content (AvgIpc) is 2.68. The highest BCUT2D eigenvalue weighted by Gasteiger charge is 2.27. The molecule has 146 valence electrons. The molecule has 2 nitrogen and oxygen atoms in total. The van der Waals surface area contributed by atoms with Crippen molar-refractivity contribution in [2.75, 3.05) is 5.75 Å². The van der Waals surface area contributed by atoms with E-state index >= 15 is 0 Å². The largest absolute Gasteiger partial charge is 0.478 e. The molecule has 28 heavy (non-hydrogen) atoms. The number of hydrogen-bond donors (Lipinski definition) is 1. The van der Waals surface area contributed by atoms with Crippen molar-refractivity contribution >= 4 is 34.8 Å². The highest BCUT2D eigenvalue weighted by atomic mass is 32.2. The third kappa shape index (κ3) is 4.25. The lowest BCUT2D eigenvalue weighted by Gasteiger charge is -2.32. The molecule has 0 saturated heterocycles. The van der Waals surface area contributed by atoms with Crippen molar-refractivity contribution in [3.8, 4) is 0 Å². The molecule has 3 heteroatoms. The molecule has 0 aliphatic heterocycles. The Morgan fingerprint density at radius 3 is 2.43 bits per heavy atom. The zero-order valence-corrected chi connectivity index (χ0v) is 17.9. The summed E-state index contributed by atoms with van der Waals surface area (Å²) in [7, 11) is 0. The number of carboxylic acid groups (broad SMARTS) is 1. The molecule has 1 aliphatic rings. The van der Waals surface area contributed by atoms with Gasteiger partial charge in [0, 0.05) is 4.91 Å². The lowest BCUT2D eigenvalue weighted by molar-refractivity contribution is 0.0695. The highest BCUT2D eigenvalue weighted by Crippen LogP contribution is 2.43. The molecule has 0 fully saturated rings. The van der Waals surface area contributed by atoms with Gasteiger partial charge in [0.05, 0.1) is 5.56 Å². The third-order valence-electron chi connectivity index (χ3n) is 5.34. The fourth-order valence-electron chi connectivity index (χ4n) is 3.73. The van der Waals surface area contributed by atoms with Gasteiger partial charge in [0.2, 0.25) is 0 Å². The van der Waals surface area contributed by atoms with Crippen LogP contribution in [0, 0.1) is 0 Å². The summed E-state index contributed by atoms with van der Waals surface area (Å²) in [4.78, 5) is 12.7. The highest BCUT2D eigenvalue weighted by molar-refractivity contribution is 8.08. The standard InChI is InChI=1S/C25H28O2S/c1-5-19-15-17(9-11-20(19)24(26)27)7-8-18-10-12-22-21(16-18)23(28-6-2)13-14-25(22,3)4/h7-13,15-16H,5-6,14H2,1-4H3,(H,26,27)/b8-7+. The number of aromatic carboxylic acids is 1. The first-order chi connectivity index (χ1) is 13.4. The number of carboxylic acids is 1. The van der Waals surface area contributed by atoms with Crippen LogP contribution in [0.15, 0.2) is 42.5 Å². The van der Waals surface area contributed by atoms with Gasteiger partial charge in [0.1, 0.15) is 0 Å². The molecular formula is C25H28O2S. The second-order valence-electron chi connectivity index (χ2n) is 7.80. The van der Waals surface area contributed by atoms with Crippen molar-refractivity contribution in [1.29, 1.82) is 0 Å². The summed E-state index contributed by atoms with van der Waals surface area (Å²) in [5.41, 5.74) is 6.38. The van der Waals surface area contributed by atoms with Crippen molar-refractivity contribution in [3.05, 3.63) is 75.9 Å². The molecule has 0 unspecified atom stereocenters. The van der Waals surface area contributed by atoms with Gasteiger partial charge in [0.25, 0.3) is 0 Å². The SMILES string of the molecule is CCSC1=CCC(C)(C)c2ccc(/C=C/c3ccc(C(=O)O)c(CC)c3)cc21. The summed E-state index contributed by atoms with van der Waals surface area (Å²) in [5, 5.41) is 9.29. The van der Waals surface area contributed by atoms with E-state index in [0.29, 0.717) is 12.0 Å². The molecule has 0 bridgehead atoms. The number of aryl methyl sites for hydroxylation is 1. The summed E-state index contributed by atoms with van der Waals surface area (Å²) in [6, 6.07) is 12.3. The van der Waals surface area contributed by atoms with Crippen LogP contribution in [0.5, 0.6) is 0 Å². The molecule has 1 aliphatic carbocycles. The second kappa shape index (κ2) is 8.40. The fourth-order valence-corrected chi connectivity index (χ4v) is 4.57. The molecule has 0 radical (unpaired) electrons. The van der Waals surface area contributed by atoms with Crippen molar-refractivity contribution in [1.82, 2.24) is 0 Å². The first-order valence-corrected chi connectivity index (χ1v) is 10.9. The first-order valence-electron chi connectivity index (χ1n) is 9.88. The van der Waals surface area contributed by atoms with Gasteiger partial charge >= 0.3 is 5.97 Å². The molecular weight excluding hydrogens is 364 g/mol. The predicted octanol–water partition coefficient (Wildman–Crippen LogP) is 6.89. The van der Waals surface area contributed by atoms with Gasteiger partial charge in [-0.25, -0.2) is 4.79 Å². The van der Waals surface area contributed by atoms with E-state index in [-0.39, 0.29) is 5.41 Å². The number of fused-ring (bicyclic) bond motifs is 1. The van der Waals surface area contributed by atoms with Crippen LogP contribution in [0.2, 0.25) is 0 Å². The Bertz CT molecular complexity index is 951. The van der Waals surface area contributed by atoms with Crippen LogP contribution in [-0.2, 0) is 11.8 Å². The molecule has 1 N–H and O–H groups in total. The van der Waals surface area contributed by atoms with Gasteiger partial charge in [-0.3, -0.25) is 0 Å². The Kier molecular flexibility index (Phi) is 6.14. The molecule has 0 atom stereocenters. The summed E-state index contributed by atoms with van der Waals surface area (Å²) in [6.07, 6.45) is 8.34. The average molecular weight is 393 g/mol. The quantitative estimate of drug-likeness (QED) is 0.544. The van der Waals surface area contributed by atoms with Crippen molar-refractivity contribution in [2.24, 2.45) is 0 Å². The van der Waals surface area contributed by atoms with Crippen LogP contribution < -0.4 is 0 Å². The van der Waals surface area contributed by atoms with E-state index in [9.17, 15) is 9.90 Å². The lowest BCUT2D eigenvalue weighted by atomic mass is 9.75. The first kappa shape index (κ1) is 20.5. The third-order valence-corrected chi connectivity index (χ3v) is 6.33. The fraction of sp³-hybridized carbons (Fsp3) is 0.320. The lowest BCUT2D eigenvalue weighted by Crippen LogP contribution is -2.21. The van der Waals surface area contributed by atoms with Crippen LogP contribution in [0.25, 0.3) is 17.1 Å². The van der Waals surface area contributed by atoms with Gasteiger partial charge in [-0.1, -0.05) is 70.2 Å². The summed E-state index contributed by atoms with van der Waals surface area (Å²) >= 11 is 1.91. The summed E-state index contributed by atoms with van der Waals surface area (Å²) in [6.45, 7) is 8.80. The van der Waals surface area contributed by atoms with Crippen LogP contribution in [0.3, 0.4) is 0 Å². The summed E-state index contributed by atoms with van der Waals surface area (Å²) < 4.78 is 0. The van der Waals surface area contributed by atoms with Gasteiger partial charge in [-0.15, -0.1) is 11.8 Å². The molecule has 2 aromatic carbocycles. The Morgan fingerprint density at radius 2 is 1.79 bits per heavy atom. The molecule has 0 heterocycles. The van der Waals surface area contributed by atoms with Gasteiger partial charge in [-0.05, 0) is 64.0 Å². The number of hydrogen-bond acceptors (Lipinski definition) is 2. The van der Waals surface area contributed by atoms with Gasteiger partial charge in [0.15, 0.2) is 0 Å². The van der Waals surface area contributed by atoms with E-state index < -0.39 is 5.97 Å². The normalized spacial score (nSPS) is 15.4. The van der Waals surface area contributed by atoms with E-state index in [4.69, 9.17) is 0 Å². The molecule has 0 saturated carbocycles. The summed E-state index contributed by atoms with van der Waals surface area (Å²) in [5.74, 6) is 0.207. The maximum Gasteiger partial charge on any atom is 0.335 e. The van der Waals surface area contributed by atoms with E-state index in [1.165, 1.54) is 21.6 Å². The van der Waals surface area contributed by atoms with E-state index in [1.807, 2.05) is 30.8 Å².